The quantitative estimate of drug-likeness (QED) is 0.803. The molecule has 2 aliphatic rings. The van der Waals surface area contributed by atoms with Crippen LogP contribution in [0.15, 0.2) is 24.3 Å². The Morgan fingerprint density at radius 3 is 2.82 bits per heavy atom. The summed E-state index contributed by atoms with van der Waals surface area (Å²) in [6, 6.07) is 8.19. The SMILES string of the molecule is CC1CC1C(=O)NC1c2ccccc2CC1Cl. The summed E-state index contributed by atoms with van der Waals surface area (Å²) in [7, 11) is 0. The zero-order chi connectivity index (χ0) is 12.0. The number of carbonyl (C=O) groups is 1. The maximum absolute atomic E-state index is 12.0. The number of rotatable bonds is 2. The molecule has 1 saturated carbocycles. The summed E-state index contributed by atoms with van der Waals surface area (Å²) in [5.41, 5.74) is 2.45. The predicted octanol–water partition coefficient (Wildman–Crippen LogP) is 2.66. The molecule has 4 atom stereocenters. The van der Waals surface area contributed by atoms with Gasteiger partial charge in [0.05, 0.1) is 11.4 Å². The fourth-order valence-electron chi connectivity index (χ4n) is 2.66. The third-order valence-corrected chi connectivity index (χ3v) is 4.32. The second-order valence-electron chi connectivity index (χ2n) is 5.22. The van der Waals surface area contributed by atoms with E-state index in [2.05, 4.69) is 24.4 Å². The fraction of sp³-hybridized carbons (Fsp3) is 0.500. The Balaban J connectivity index is 1.77. The van der Waals surface area contributed by atoms with Gasteiger partial charge in [0.2, 0.25) is 5.91 Å². The second kappa shape index (κ2) is 4.02. The first-order chi connectivity index (χ1) is 8.16. The van der Waals surface area contributed by atoms with Crippen molar-refractivity contribution in [3.63, 3.8) is 0 Å². The molecule has 17 heavy (non-hydrogen) atoms. The summed E-state index contributed by atoms with van der Waals surface area (Å²) in [6.07, 6.45) is 1.87. The van der Waals surface area contributed by atoms with E-state index >= 15 is 0 Å². The molecular formula is C14H16ClNO. The predicted molar refractivity (Wildman–Crippen MR) is 67.9 cm³/mol. The molecule has 3 rings (SSSR count). The highest BCUT2D eigenvalue weighted by atomic mass is 35.5. The molecule has 3 heteroatoms. The number of carbonyl (C=O) groups excluding carboxylic acids is 1. The molecule has 0 bridgehead atoms. The van der Waals surface area contributed by atoms with E-state index < -0.39 is 0 Å². The van der Waals surface area contributed by atoms with Gasteiger partial charge in [0.1, 0.15) is 0 Å². The van der Waals surface area contributed by atoms with Crippen LogP contribution in [0.2, 0.25) is 0 Å². The van der Waals surface area contributed by atoms with Crippen molar-refractivity contribution in [3.8, 4) is 0 Å². The second-order valence-corrected chi connectivity index (χ2v) is 5.79. The normalized spacial score (nSPS) is 34.2. The Bertz CT molecular complexity index is 459. The van der Waals surface area contributed by atoms with Crippen molar-refractivity contribution in [1.82, 2.24) is 5.32 Å². The number of halogens is 1. The lowest BCUT2D eigenvalue weighted by Gasteiger charge is -2.17. The van der Waals surface area contributed by atoms with Crippen LogP contribution in [-0.2, 0) is 11.2 Å². The monoisotopic (exact) mass is 249 g/mol. The first-order valence-electron chi connectivity index (χ1n) is 6.19. The highest BCUT2D eigenvalue weighted by Gasteiger charge is 2.41. The average molecular weight is 250 g/mol. The van der Waals surface area contributed by atoms with Gasteiger partial charge in [0.25, 0.3) is 0 Å². The highest BCUT2D eigenvalue weighted by molar-refractivity contribution is 6.21. The molecule has 0 spiro atoms. The zero-order valence-corrected chi connectivity index (χ0v) is 10.6. The standard InChI is InChI=1S/C14H16ClNO/c1-8-6-11(8)14(17)16-13-10-5-3-2-4-9(10)7-12(13)15/h2-5,8,11-13H,6-7H2,1H3,(H,16,17). The van der Waals surface area contributed by atoms with Gasteiger partial charge < -0.3 is 5.32 Å². The summed E-state index contributed by atoms with van der Waals surface area (Å²) in [5.74, 6) is 0.928. The smallest absolute Gasteiger partial charge is 0.223 e. The van der Waals surface area contributed by atoms with Crippen LogP contribution in [0.25, 0.3) is 0 Å². The molecule has 4 unspecified atom stereocenters. The van der Waals surface area contributed by atoms with Crippen molar-refractivity contribution in [2.75, 3.05) is 0 Å². The minimum atomic E-state index is -0.00888. The van der Waals surface area contributed by atoms with E-state index in [1.54, 1.807) is 0 Å². The number of nitrogens with one attached hydrogen (secondary N) is 1. The lowest BCUT2D eigenvalue weighted by Crippen LogP contribution is -2.33. The van der Waals surface area contributed by atoms with Crippen molar-refractivity contribution < 1.29 is 4.79 Å². The average Bonchev–Trinajstić information content (AvgIpc) is 2.96. The van der Waals surface area contributed by atoms with Crippen LogP contribution in [-0.4, -0.2) is 11.3 Å². The van der Waals surface area contributed by atoms with Crippen molar-refractivity contribution >= 4 is 17.5 Å². The fourth-order valence-corrected chi connectivity index (χ4v) is 3.03. The topological polar surface area (TPSA) is 29.1 Å². The Labute approximate surface area is 106 Å². The Hall–Kier alpha value is -1.02. The van der Waals surface area contributed by atoms with Crippen LogP contribution in [0.1, 0.15) is 30.5 Å². The molecule has 0 heterocycles. The van der Waals surface area contributed by atoms with Crippen LogP contribution in [0.5, 0.6) is 0 Å². The number of alkyl halides is 1. The van der Waals surface area contributed by atoms with Crippen molar-refractivity contribution in [2.45, 2.75) is 31.2 Å². The van der Waals surface area contributed by atoms with Crippen molar-refractivity contribution in [1.29, 1.82) is 0 Å². The van der Waals surface area contributed by atoms with Gasteiger partial charge in [0.15, 0.2) is 0 Å². The van der Waals surface area contributed by atoms with Crippen molar-refractivity contribution in [2.24, 2.45) is 11.8 Å². The number of amides is 1. The van der Waals surface area contributed by atoms with Gasteiger partial charge in [0, 0.05) is 5.92 Å². The van der Waals surface area contributed by atoms with Crippen LogP contribution in [0, 0.1) is 11.8 Å². The summed E-state index contributed by atoms with van der Waals surface area (Å²) in [4.78, 5) is 12.0. The molecule has 2 aliphatic carbocycles. The molecule has 1 fully saturated rings. The molecule has 90 valence electrons. The Morgan fingerprint density at radius 2 is 2.12 bits per heavy atom. The molecule has 2 nitrogen and oxygen atoms in total. The highest BCUT2D eigenvalue weighted by Crippen LogP contribution is 2.40. The summed E-state index contributed by atoms with van der Waals surface area (Å²) < 4.78 is 0. The summed E-state index contributed by atoms with van der Waals surface area (Å²) >= 11 is 6.33. The van der Waals surface area contributed by atoms with Crippen molar-refractivity contribution in [3.05, 3.63) is 35.4 Å². The van der Waals surface area contributed by atoms with Gasteiger partial charge >= 0.3 is 0 Å². The maximum Gasteiger partial charge on any atom is 0.223 e. The van der Waals surface area contributed by atoms with Crippen LogP contribution in [0.4, 0.5) is 0 Å². The van der Waals surface area contributed by atoms with Crippen LogP contribution >= 0.6 is 11.6 Å². The number of hydrogen-bond acceptors (Lipinski definition) is 1. The minimum Gasteiger partial charge on any atom is -0.348 e. The summed E-state index contributed by atoms with van der Waals surface area (Å²) in [5, 5.41) is 3.10. The minimum absolute atomic E-state index is 0.00633. The van der Waals surface area contributed by atoms with E-state index in [1.165, 1.54) is 11.1 Å². The van der Waals surface area contributed by atoms with Gasteiger partial charge in [-0.2, -0.15) is 0 Å². The molecule has 0 aromatic heterocycles. The van der Waals surface area contributed by atoms with Gasteiger partial charge in [-0.3, -0.25) is 4.79 Å². The maximum atomic E-state index is 12.0. The molecule has 1 amide bonds. The van der Waals surface area contributed by atoms with Gasteiger partial charge in [-0.25, -0.2) is 0 Å². The molecule has 1 aromatic carbocycles. The van der Waals surface area contributed by atoms with Gasteiger partial charge in [-0.05, 0) is 29.9 Å². The lowest BCUT2D eigenvalue weighted by molar-refractivity contribution is -0.123. The third kappa shape index (κ3) is 1.95. The number of fused-ring (bicyclic) bond motifs is 1. The molecule has 0 saturated heterocycles. The molecular weight excluding hydrogens is 234 g/mol. The van der Waals surface area contributed by atoms with Gasteiger partial charge in [-0.1, -0.05) is 31.2 Å². The largest absolute Gasteiger partial charge is 0.348 e. The van der Waals surface area contributed by atoms with E-state index in [9.17, 15) is 4.79 Å². The van der Waals surface area contributed by atoms with Crippen LogP contribution in [0.3, 0.4) is 0 Å². The Kier molecular flexibility index (Phi) is 2.62. The zero-order valence-electron chi connectivity index (χ0n) is 9.82. The van der Waals surface area contributed by atoms with E-state index in [0.717, 1.165) is 12.8 Å². The number of benzene rings is 1. The lowest BCUT2D eigenvalue weighted by atomic mass is 10.1. The first kappa shape index (κ1) is 11.1. The van der Waals surface area contributed by atoms with Gasteiger partial charge in [-0.15, -0.1) is 11.6 Å². The van der Waals surface area contributed by atoms with Crippen LogP contribution < -0.4 is 5.32 Å². The summed E-state index contributed by atoms with van der Waals surface area (Å²) in [6.45, 7) is 2.12. The van der Waals surface area contributed by atoms with E-state index in [1.807, 2.05) is 12.1 Å². The van der Waals surface area contributed by atoms with E-state index in [4.69, 9.17) is 11.6 Å². The molecule has 1 N–H and O–H groups in total. The first-order valence-corrected chi connectivity index (χ1v) is 6.62. The molecule has 1 aromatic rings. The third-order valence-electron chi connectivity index (χ3n) is 3.91. The molecule has 0 radical (unpaired) electrons. The van der Waals surface area contributed by atoms with E-state index in [0.29, 0.717) is 5.92 Å². The molecule has 0 aliphatic heterocycles. The number of hydrogen-bond donors (Lipinski definition) is 1. The van der Waals surface area contributed by atoms with E-state index in [-0.39, 0.29) is 23.2 Å². The Morgan fingerprint density at radius 1 is 1.41 bits per heavy atom.